The van der Waals surface area contributed by atoms with Crippen LogP contribution >= 0.6 is 0 Å². The highest BCUT2D eigenvalue weighted by molar-refractivity contribution is 5.66. The third-order valence-electron chi connectivity index (χ3n) is 1.12. The molecule has 0 aliphatic heterocycles. The molecule has 1 N–H and O–H groups in total. The van der Waals surface area contributed by atoms with Crippen LogP contribution in [0.1, 0.15) is 6.92 Å². The number of nitrogens with one attached hydrogen (secondary N) is 1. The van der Waals surface area contributed by atoms with Crippen molar-refractivity contribution in [3.8, 4) is 0 Å². The van der Waals surface area contributed by atoms with Crippen molar-refractivity contribution in [1.82, 2.24) is 5.32 Å². The van der Waals surface area contributed by atoms with Gasteiger partial charge in [0.1, 0.15) is 0 Å². The minimum atomic E-state index is -0.427. The van der Waals surface area contributed by atoms with Gasteiger partial charge in [-0.1, -0.05) is 0 Å². The van der Waals surface area contributed by atoms with E-state index in [9.17, 15) is 4.79 Å². The molecule has 0 aliphatic carbocycles. The molecule has 0 aromatic carbocycles. The third-order valence-corrected chi connectivity index (χ3v) is 1.12. The maximum absolute atomic E-state index is 10.4. The Morgan fingerprint density at radius 3 is 2.60 bits per heavy atom. The highest BCUT2D eigenvalue weighted by Gasteiger charge is 2.01. The van der Waals surface area contributed by atoms with Crippen molar-refractivity contribution in [1.29, 1.82) is 0 Å². The third kappa shape index (κ3) is 4.14. The van der Waals surface area contributed by atoms with E-state index in [1.54, 1.807) is 7.11 Å². The summed E-state index contributed by atoms with van der Waals surface area (Å²) in [5.41, 5.74) is 0. The molecule has 0 aliphatic rings. The number of carbonyl (C=O) groups is 1. The second-order valence-corrected chi connectivity index (χ2v) is 1.92. The Balaban J connectivity index is 3.26. The summed E-state index contributed by atoms with van der Waals surface area (Å²) in [6.07, 6.45) is -0.400. The quantitative estimate of drug-likeness (QED) is 0.627. The smallest absolute Gasteiger partial charge is 0.406 e. The molecule has 4 nitrogen and oxygen atoms in total. The first-order chi connectivity index (χ1) is 4.70. The summed E-state index contributed by atoms with van der Waals surface area (Å²) < 4.78 is 9.21. The molecule has 10 heavy (non-hydrogen) atoms. The number of amides is 1. The molecule has 0 saturated heterocycles. The summed E-state index contributed by atoms with van der Waals surface area (Å²) in [5, 5.41) is 2.50. The lowest BCUT2D eigenvalue weighted by atomic mass is 10.4. The van der Waals surface area contributed by atoms with E-state index >= 15 is 0 Å². The molecule has 0 saturated carbocycles. The lowest BCUT2D eigenvalue weighted by Gasteiger charge is -2.08. The fourth-order valence-corrected chi connectivity index (χ4v) is 0.383. The first-order valence-corrected chi connectivity index (χ1v) is 3.05. The fraction of sp³-hybridized carbons (Fsp3) is 0.833. The second-order valence-electron chi connectivity index (χ2n) is 1.92. The van der Waals surface area contributed by atoms with Gasteiger partial charge >= 0.3 is 6.09 Å². The van der Waals surface area contributed by atoms with E-state index in [1.807, 2.05) is 6.92 Å². The van der Waals surface area contributed by atoms with Crippen molar-refractivity contribution in [3.63, 3.8) is 0 Å². The van der Waals surface area contributed by atoms with Gasteiger partial charge in [0.05, 0.1) is 13.2 Å². The van der Waals surface area contributed by atoms with Crippen LogP contribution in [-0.4, -0.2) is 33.0 Å². The Labute approximate surface area is 60.5 Å². The van der Waals surface area contributed by atoms with Gasteiger partial charge in [-0.3, -0.25) is 0 Å². The zero-order chi connectivity index (χ0) is 7.98. The summed E-state index contributed by atoms with van der Waals surface area (Å²) >= 11 is 0. The molecule has 1 amide bonds. The molecular weight excluding hydrogens is 134 g/mol. The van der Waals surface area contributed by atoms with Gasteiger partial charge in [0.15, 0.2) is 0 Å². The predicted molar refractivity (Wildman–Crippen MR) is 36.9 cm³/mol. The Kier molecular flexibility index (Phi) is 4.66. The van der Waals surface area contributed by atoms with Crippen molar-refractivity contribution in [2.75, 3.05) is 20.8 Å². The Hall–Kier alpha value is -0.770. The normalized spacial score (nSPS) is 12.3. The number of hydrogen-bond acceptors (Lipinski definition) is 3. The number of alkyl carbamates (subject to hydrolysis) is 1. The maximum Gasteiger partial charge on any atom is 0.406 e. The van der Waals surface area contributed by atoms with Crippen molar-refractivity contribution in [2.45, 2.75) is 13.0 Å². The SMILES string of the molecule is COC(=O)NCC(C)OC. The molecule has 0 bridgehead atoms. The highest BCUT2D eigenvalue weighted by atomic mass is 16.5. The van der Waals surface area contributed by atoms with Crippen molar-refractivity contribution in [2.24, 2.45) is 0 Å². The Morgan fingerprint density at radius 1 is 1.60 bits per heavy atom. The first kappa shape index (κ1) is 9.23. The number of hydrogen-bond donors (Lipinski definition) is 1. The topological polar surface area (TPSA) is 47.6 Å². The minimum absolute atomic E-state index is 0.0269. The van der Waals surface area contributed by atoms with Gasteiger partial charge in [-0.15, -0.1) is 0 Å². The Morgan fingerprint density at radius 2 is 2.20 bits per heavy atom. The van der Waals surface area contributed by atoms with Crippen LogP contribution < -0.4 is 5.32 Å². The van der Waals surface area contributed by atoms with Crippen LogP contribution in [0.5, 0.6) is 0 Å². The molecule has 1 unspecified atom stereocenters. The van der Waals surface area contributed by atoms with Crippen LogP contribution in [0, 0.1) is 0 Å². The average Bonchev–Trinajstić information content (AvgIpc) is 1.99. The number of methoxy groups -OCH3 is 2. The highest BCUT2D eigenvalue weighted by Crippen LogP contribution is 1.83. The minimum Gasteiger partial charge on any atom is -0.453 e. The molecular formula is C6H13NO3. The number of carbonyl (C=O) groups excluding carboxylic acids is 1. The molecule has 0 aromatic heterocycles. The van der Waals surface area contributed by atoms with E-state index in [0.717, 1.165) is 0 Å². The summed E-state index contributed by atoms with van der Waals surface area (Å²) in [5.74, 6) is 0. The van der Waals surface area contributed by atoms with E-state index in [1.165, 1.54) is 7.11 Å². The van der Waals surface area contributed by atoms with E-state index in [2.05, 4.69) is 10.1 Å². The van der Waals surface area contributed by atoms with Crippen LogP contribution in [-0.2, 0) is 9.47 Å². The van der Waals surface area contributed by atoms with Crippen LogP contribution in [0.25, 0.3) is 0 Å². The largest absolute Gasteiger partial charge is 0.453 e. The van der Waals surface area contributed by atoms with Crippen LogP contribution in [0.3, 0.4) is 0 Å². The summed E-state index contributed by atoms with van der Waals surface area (Å²) in [6.45, 7) is 2.33. The summed E-state index contributed by atoms with van der Waals surface area (Å²) in [7, 11) is 2.91. The monoisotopic (exact) mass is 147 g/mol. The van der Waals surface area contributed by atoms with E-state index in [0.29, 0.717) is 6.54 Å². The lowest BCUT2D eigenvalue weighted by molar-refractivity contribution is 0.111. The van der Waals surface area contributed by atoms with Crippen LogP contribution in [0.15, 0.2) is 0 Å². The van der Waals surface area contributed by atoms with Gasteiger partial charge in [0, 0.05) is 13.7 Å². The average molecular weight is 147 g/mol. The number of rotatable bonds is 3. The van der Waals surface area contributed by atoms with Gasteiger partial charge in [-0.25, -0.2) is 4.79 Å². The van der Waals surface area contributed by atoms with Gasteiger partial charge in [-0.05, 0) is 6.92 Å². The molecule has 0 heterocycles. The second kappa shape index (κ2) is 5.05. The van der Waals surface area contributed by atoms with E-state index < -0.39 is 6.09 Å². The van der Waals surface area contributed by atoms with Gasteiger partial charge in [-0.2, -0.15) is 0 Å². The lowest BCUT2D eigenvalue weighted by Crippen LogP contribution is -2.31. The van der Waals surface area contributed by atoms with E-state index in [4.69, 9.17) is 4.74 Å². The van der Waals surface area contributed by atoms with Crippen molar-refractivity contribution in [3.05, 3.63) is 0 Å². The van der Waals surface area contributed by atoms with Gasteiger partial charge < -0.3 is 14.8 Å². The summed E-state index contributed by atoms with van der Waals surface area (Å²) in [4.78, 5) is 10.4. The van der Waals surface area contributed by atoms with E-state index in [-0.39, 0.29) is 6.10 Å². The van der Waals surface area contributed by atoms with Gasteiger partial charge in [0.2, 0.25) is 0 Å². The molecule has 60 valence electrons. The van der Waals surface area contributed by atoms with Crippen LogP contribution in [0.4, 0.5) is 4.79 Å². The molecule has 0 spiro atoms. The first-order valence-electron chi connectivity index (χ1n) is 3.05. The fourth-order valence-electron chi connectivity index (χ4n) is 0.383. The zero-order valence-electron chi connectivity index (χ0n) is 6.51. The molecule has 0 aromatic rings. The molecule has 0 fully saturated rings. The van der Waals surface area contributed by atoms with Crippen molar-refractivity contribution >= 4 is 6.09 Å². The molecule has 0 rings (SSSR count). The van der Waals surface area contributed by atoms with Crippen LogP contribution in [0.2, 0.25) is 0 Å². The molecule has 4 heteroatoms. The molecule has 1 atom stereocenters. The standard InChI is InChI=1S/C6H13NO3/c1-5(9-2)4-7-6(8)10-3/h5H,4H2,1-3H3,(H,7,8). The number of ether oxygens (including phenoxy) is 2. The summed E-state index contributed by atoms with van der Waals surface area (Å²) in [6, 6.07) is 0. The van der Waals surface area contributed by atoms with Crippen molar-refractivity contribution < 1.29 is 14.3 Å². The zero-order valence-corrected chi connectivity index (χ0v) is 6.51. The van der Waals surface area contributed by atoms with Gasteiger partial charge in [0.25, 0.3) is 0 Å². The predicted octanol–water partition coefficient (Wildman–Crippen LogP) is 0.377. The Bertz CT molecular complexity index is 105. The maximum atomic E-state index is 10.4. The molecule has 0 radical (unpaired) electrons.